The van der Waals surface area contributed by atoms with Gasteiger partial charge in [-0.15, -0.1) is 0 Å². The number of primary amides is 1. The summed E-state index contributed by atoms with van der Waals surface area (Å²) in [5.74, 6) is 0.0523. The number of carbonyl (C=O) groups is 1. The molecular formula is C13H20ClN3O. The van der Waals surface area contributed by atoms with Gasteiger partial charge in [0.1, 0.15) is 5.15 Å². The summed E-state index contributed by atoms with van der Waals surface area (Å²) in [6.45, 7) is 6.49. The fourth-order valence-corrected chi connectivity index (χ4v) is 2.00. The summed E-state index contributed by atoms with van der Waals surface area (Å²) in [4.78, 5) is 15.5. The molecule has 0 aliphatic rings. The monoisotopic (exact) mass is 269 g/mol. The summed E-state index contributed by atoms with van der Waals surface area (Å²) < 4.78 is 0. The highest BCUT2D eigenvalue weighted by Crippen LogP contribution is 2.17. The normalized spacial score (nSPS) is 14.5. The average molecular weight is 270 g/mol. The molecule has 0 saturated carbocycles. The number of carbonyl (C=O) groups excluding carboxylic acids is 1. The number of amides is 1. The maximum atomic E-state index is 11.6. The number of nitrogens with zero attached hydrogens (tertiary/aromatic N) is 1. The zero-order valence-corrected chi connectivity index (χ0v) is 11.8. The molecule has 0 aliphatic carbocycles. The number of nitrogens with one attached hydrogen (secondary N) is 1. The number of hydrogen-bond donors (Lipinski definition) is 2. The minimum atomic E-state index is -0.701. The lowest BCUT2D eigenvalue weighted by Crippen LogP contribution is -2.53. The second-order valence-electron chi connectivity index (χ2n) is 5.14. The van der Waals surface area contributed by atoms with E-state index in [1.165, 1.54) is 0 Å². The summed E-state index contributed by atoms with van der Waals surface area (Å²) >= 11 is 5.72. The number of rotatable bonds is 6. The van der Waals surface area contributed by atoms with Gasteiger partial charge in [0.2, 0.25) is 5.91 Å². The van der Waals surface area contributed by atoms with E-state index in [0.717, 1.165) is 5.56 Å². The van der Waals surface area contributed by atoms with E-state index in [2.05, 4.69) is 24.1 Å². The maximum absolute atomic E-state index is 11.6. The Morgan fingerprint density at radius 2 is 2.22 bits per heavy atom. The Morgan fingerprint density at radius 3 is 2.67 bits per heavy atom. The van der Waals surface area contributed by atoms with E-state index in [-0.39, 0.29) is 5.91 Å². The van der Waals surface area contributed by atoms with Crippen LogP contribution >= 0.6 is 11.6 Å². The third kappa shape index (κ3) is 4.27. The van der Waals surface area contributed by atoms with Gasteiger partial charge in [-0.3, -0.25) is 10.1 Å². The molecule has 5 heteroatoms. The van der Waals surface area contributed by atoms with Crippen LogP contribution in [0.2, 0.25) is 5.15 Å². The Bertz CT molecular complexity index is 405. The van der Waals surface area contributed by atoms with Crippen LogP contribution in [-0.2, 0) is 11.3 Å². The number of nitrogens with two attached hydrogens (primary N) is 1. The molecule has 1 aromatic heterocycles. The largest absolute Gasteiger partial charge is 0.368 e. The smallest absolute Gasteiger partial charge is 0.237 e. The predicted molar refractivity (Wildman–Crippen MR) is 73.1 cm³/mol. The molecule has 18 heavy (non-hydrogen) atoms. The lowest BCUT2D eigenvalue weighted by Gasteiger charge is -2.29. The molecule has 0 unspecified atom stereocenters. The fraction of sp³-hybridized carbons (Fsp3) is 0.538. The van der Waals surface area contributed by atoms with Crippen molar-refractivity contribution in [2.45, 2.75) is 39.3 Å². The van der Waals surface area contributed by atoms with E-state index in [9.17, 15) is 4.79 Å². The third-order valence-electron chi connectivity index (χ3n) is 2.83. The summed E-state index contributed by atoms with van der Waals surface area (Å²) in [6.07, 6.45) is 2.38. The summed E-state index contributed by atoms with van der Waals surface area (Å²) in [5.41, 5.74) is 5.74. The second-order valence-corrected chi connectivity index (χ2v) is 5.52. The summed E-state index contributed by atoms with van der Waals surface area (Å²) in [5, 5.41) is 3.66. The Balaban J connectivity index is 2.68. The molecule has 0 radical (unpaired) electrons. The van der Waals surface area contributed by atoms with Crippen molar-refractivity contribution in [1.82, 2.24) is 10.3 Å². The van der Waals surface area contributed by atoms with Crippen molar-refractivity contribution in [3.8, 4) is 0 Å². The second kappa shape index (κ2) is 6.16. The molecule has 1 amide bonds. The molecule has 0 spiro atoms. The first kappa shape index (κ1) is 14.9. The van der Waals surface area contributed by atoms with Gasteiger partial charge >= 0.3 is 0 Å². The highest BCUT2D eigenvalue weighted by molar-refractivity contribution is 6.29. The zero-order valence-electron chi connectivity index (χ0n) is 11.0. The zero-order chi connectivity index (χ0) is 13.8. The van der Waals surface area contributed by atoms with Crippen LogP contribution < -0.4 is 11.1 Å². The lowest BCUT2D eigenvalue weighted by molar-refractivity contribution is -0.124. The van der Waals surface area contributed by atoms with E-state index < -0.39 is 5.54 Å². The van der Waals surface area contributed by atoms with Crippen LogP contribution in [0.5, 0.6) is 0 Å². The molecule has 0 aromatic carbocycles. The van der Waals surface area contributed by atoms with Crippen molar-refractivity contribution in [3.05, 3.63) is 29.0 Å². The fourth-order valence-electron chi connectivity index (χ4n) is 1.88. The van der Waals surface area contributed by atoms with Gasteiger partial charge in [0.05, 0.1) is 5.54 Å². The molecule has 0 fully saturated rings. The molecule has 0 aliphatic heterocycles. The van der Waals surface area contributed by atoms with Crippen molar-refractivity contribution in [1.29, 1.82) is 0 Å². The minimum absolute atomic E-state index is 0.335. The minimum Gasteiger partial charge on any atom is -0.368 e. The lowest BCUT2D eigenvalue weighted by atomic mass is 9.90. The van der Waals surface area contributed by atoms with Gasteiger partial charge < -0.3 is 5.73 Å². The summed E-state index contributed by atoms with van der Waals surface area (Å²) in [6, 6.07) is 3.60. The molecule has 4 nitrogen and oxygen atoms in total. The first-order valence-electron chi connectivity index (χ1n) is 5.99. The molecule has 1 aromatic rings. The third-order valence-corrected chi connectivity index (χ3v) is 3.06. The number of hydrogen-bond acceptors (Lipinski definition) is 3. The Labute approximate surface area is 113 Å². The van der Waals surface area contributed by atoms with Gasteiger partial charge in [-0.05, 0) is 30.9 Å². The van der Waals surface area contributed by atoms with Crippen LogP contribution in [0.1, 0.15) is 32.8 Å². The molecule has 3 N–H and O–H groups in total. The highest BCUT2D eigenvalue weighted by Gasteiger charge is 2.31. The Kier molecular flexibility index (Phi) is 5.11. The quantitative estimate of drug-likeness (QED) is 0.778. The Morgan fingerprint density at radius 1 is 1.56 bits per heavy atom. The van der Waals surface area contributed by atoms with Crippen LogP contribution in [-0.4, -0.2) is 16.4 Å². The van der Waals surface area contributed by atoms with E-state index in [0.29, 0.717) is 24.0 Å². The van der Waals surface area contributed by atoms with Crippen LogP contribution in [0.15, 0.2) is 18.3 Å². The maximum Gasteiger partial charge on any atom is 0.237 e. The standard InChI is InChI=1S/C13H20ClN3O/c1-9(2)6-13(3,12(15)18)17-8-10-4-5-11(14)16-7-10/h4-5,7,9,17H,6,8H2,1-3H3,(H2,15,18)/t13-/m0/s1. The SMILES string of the molecule is CC(C)C[C@](C)(NCc1ccc(Cl)nc1)C(N)=O. The van der Waals surface area contributed by atoms with E-state index in [1.807, 2.05) is 13.0 Å². The van der Waals surface area contributed by atoms with Crippen molar-refractivity contribution in [2.75, 3.05) is 0 Å². The van der Waals surface area contributed by atoms with Crippen LogP contribution in [0.25, 0.3) is 0 Å². The van der Waals surface area contributed by atoms with Crippen LogP contribution in [0.4, 0.5) is 0 Å². The Hall–Kier alpha value is -1.13. The van der Waals surface area contributed by atoms with Gasteiger partial charge in [-0.1, -0.05) is 31.5 Å². The van der Waals surface area contributed by atoms with Crippen LogP contribution in [0.3, 0.4) is 0 Å². The van der Waals surface area contributed by atoms with Gasteiger partial charge in [0.15, 0.2) is 0 Å². The molecule has 1 rings (SSSR count). The highest BCUT2D eigenvalue weighted by atomic mass is 35.5. The molecule has 0 saturated heterocycles. The first-order chi connectivity index (χ1) is 8.33. The van der Waals surface area contributed by atoms with E-state index >= 15 is 0 Å². The van der Waals surface area contributed by atoms with Gasteiger partial charge in [0.25, 0.3) is 0 Å². The van der Waals surface area contributed by atoms with Crippen molar-refractivity contribution < 1.29 is 4.79 Å². The topological polar surface area (TPSA) is 68.0 Å². The molecular weight excluding hydrogens is 250 g/mol. The van der Waals surface area contributed by atoms with E-state index in [1.54, 1.807) is 12.3 Å². The molecule has 0 bridgehead atoms. The number of halogens is 1. The average Bonchev–Trinajstić information content (AvgIpc) is 2.27. The van der Waals surface area contributed by atoms with Crippen molar-refractivity contribution >= 4 is 17.5 Å². The van der Waals surface area contributed by atoms with Gasteiger partial charge in [-0.2, -0.15) is 0 Å². The molecule has 1 atom stereocenters. The van der Waals surface area contributed by atoms with Crippen molar-refractivity contribution in [3.63, 3.8) is 0 Å². The summed E-state index contributed by atoms with van der Waals surface area (Å²) in [7, 11) is 0. The van der Waals surface area contributed by atoms with E-state index in [4.69, 9.17) is 17.3 Å². The number of aromatic nitrogens is 1. The van der Waals surface area contributed by atoms with Crippen molar-refractivity contribution in [2.24, 2.45) is 11.7 Å². The molecule has 100 valence electrons. The molecule has 1 heterocycles. The first-order valence-corrected chi connectivity index (χ1v) is 6.36. The van der Waals surface area contributed by atoms with Gasteiger partial charge in [-0.25, -0.2) is 4.98 Å². The van der Waals surface area contributed by atoms with Gasteiger partial charge in [0, 0.05) is 12.7 Å². The predicted octanol–water partition coefficient (Wildman–Crippen LogP) is 2.11. The van der Waals surface area contributed by atoms with Crippen LogP contribution in [0, 0.1) is 5.92 Å². The number of pyridine rings is 1.